The molecule has 0 aromatic rings. The van der Waals surface area contributed by atoms with Crippen LogP contribution in [0.25, 0.3) is 0 Å². The predicted octanol–water partition coefficient (Wildman–Crippen LogP) is 6.63. The van der Waals surface area contributed by atoms with Crippen LogP contribution in [0.3, 0.4) is 0 Å². The first-order valence-electron chi connectivity index (χ1n) is 22.3. The number of methoxy groups -OCH3 is 1. The molecule has 2 heterocycles. The Bertz CT molecular complexity index is 1590. The monoisotopic (exact) mass is 780 g/mol. The third-order valence-corrected chi connectivity index (χ3v) is 17.5. The Morgan fingerprint density at radius 1 is 0.750 bits per heavy atom. The maximum Gasteiger partial charge on any atom is 0.311 e. The van der Waals surface area contributed by atoms with Crippen LogP contribution in [0.1, 0.15) is 118 Å². The molecule has 11 nitrogen and oxygen atoms in total. The molecule has 56 heavy (non-hydrogen) atoms. The number of carbonyl (C=O) groups excluding carboxylic acids is 4. The smallest absolute Gasteiger partial charge is 0.311 e. The molecule has 11 fully saturated rings. The number of carbonyl (C=O) groups is 5. The summed E-state index contributed by atoms with van der Waals surface area (Å²) in [7, 11) is 1.35. The zero-order chi connectivity index (χ0) is 39.4. The second-order valence-corrected chi connectivity index (χ2v) is 20.7. The highest BCUT2D eigenvalue weighted by atomic mass is 16.6. The lowest BCUT2D eigenvalue weighted by Crippen LogP contribution is -2.41. The van der Waals surface area contributed by atoms with Gasteiger partial charge in [-0.15, -0.1) is 0 Å². The first kappa shape index (κ1) is 38.8. The normalized spacial score (nSPS) is 46.4. The molecule has 0 radical (unpaired) electrons. The van der Waals surface area contributed by atoms with Crippen molar-refractivity contribution in [3.05, 3.63) is 0 Å². The number of aliphatic carboxylic acids is 1. The minimum absolute atomic E-state index is 0.00616. The van der Waals surface area contributed by atoms with Gasteiger partial charge in [-0.25, -0.2) is 0 Å². The number of ether oxygens (including phenoxy) is 5. The van der Waals surface area contributed by atoms with E-state index in [4.69, 9.17) is 33.6 Å². The molecule has 0 aromatic carbocycles. The molecule has 2 aliphatic heterocycles. The summed E-state index contributed by atoms with van der Waals surface area (Å²) in [5, 5.41) is 7.42. The predicted molar refractivity (Wildman–Crippen MR) is 200 cm³/mol. The number of fused-ring (bicyclic) bond motifs is 17. The van der Waals surface area contributed by atoms with E-state index in [0.717, 1.165) is 85.7 Å². The summed E-state index contributed by atoms with van der Waals surface area (Å²) < 4.78 is 28.5. The Morgan fingerprint density at radius 3 is 2.11 bits per heavy atom. The minimum Gasteiger partial charge on any atom is -0.481 e. The van der Waals surface area contributed by atoms with Crippen LogP contribution in [0, 0.1) is 94.2 Å². The Kier molecular flexibility index (Phi) is 10.1. The molecule has 9 saturated carbocycles. The Labute approximate surface area is 331 Å². The fourth-order valence-corrected chi connectivity index (χ4v) is 15.4. The highest BCUT2D eigenvalue weighted by Crippen LogP contribution is 2.68. The number of carboxylic acid groups (broad SMARTS) is 1. The van der Waals surface area contributed by atoms with Crippen LogP contribution < -0.4 is 0 Å². The second-order valence-electron chi connectivity index (χ2n) is 20.7. The largest absolute Gasteiger partial charge is 0.481 e. The minimum atomic E-state index is -0.894. The zero-order valence-electron chi connectivity index (χ0n) is 34.0. The van der Waals surface area contributed by atoms with Crippen LogP contribution in [-0.4, -0.2) is 72.6 Å². The molecule has 9 aliphatic carbocycles. The van der Waals surface area contributed by atoms with Crippen LogP contribution in [0.5, 0.6) is 0 Å². The van der Waals surface area contributed by atoms with E-state index < -0.39 is 35.3 Å². The van der Waals surface area contributed by atoms with Crippen molar-refractivity contribution in [2.24, 2.45) is 94.2 Å². The van der Waals surface area contributed by atoms with E-state index in [1.807, 2.05) is 20.8 Å². The Morgan fingerprint density at radius 2 is 1.41 bits per heavy atom. The molecule has 11 heteroatoms. The van der Waals surface area contributed by atoms with Gasteiger partial charge in [0.05, 0.1) is 42.5 Å². The van der Waals surface area contributed by atoms with E-state index >= 15 is 0 Å². The number of esters is 4. The molecule has 1 N–H and O–H groups in total. The van der Waals surface area contributed by atoms with Crippen molar-refractivity contribution in [1.29, 1.82) is 0 Å². The van der Waals surface area contributed by atoms with Crippen molar-refractivity contribution in [3.8, 4) is 0 Å². The van der Waals surface area contributed by atoms with E-state index in [2.05, 4.69) is 0 Å². The van der Waals surface area contributed by atoms with Gasteiger partial charge in [-0.1, -0.05) is 6.92 Å². The fourth-order valence-electron chi connectivity index (χ4n) is 15.4. The van der Waals surface area contributed by atoms with Crippen molar-refractivity contribution < 1.29 is 52.8 Å². The maximum absolute atomic E-state index is 13.6. The van der Waals surface area contributed by atoms with Gasteiger partial charge in [0.1, 0.15) is 18.3 Å². The summed E-state index contributed by atoms with van der Waals surface area (Å²) in [5.74, 6) is 5.97. The highest BCUT2D eigenvalue weighted by Gasteiger charge is 2.66. The molecular weight excluding hydrogens is 716 g/mol. The van der Waals surface area contributed by atoms with Crippen LogP contribution >= 0.6 is 0 Å². The summed E-state index contributed by atoms with van der Waals surface area (Å²) in [5.41, 5.74) is -0.894. The summed E-state index contributed by atoms with van der Waals surface area (Å²) in [4.78, 5) is 61.0. The van der Waals surface area contributed by atoms with E-state index in [9.17, 15) is 19.2 Å². The van der Waals surface area contributed by atoms with E-state index in [1.54, 1.807) is 12.8 Å². The molecule has 0 aromatic heterocycles. The molecule has 20 atom stereocenters. The lowest BCUT2D eigenvalue weighted by Gasteiger charge is -2.39. The summed E-state index contributed by atoms with van der Waals surface area (Å²) in [6, 6.07) is 0. The van der Waals surface area contributed by atoms with Gasteiger partial charge in [0.25, 0.3) is 5.97 Å². The molecule has 310 valence electrons. The summed E-state index contributed by atoms with van der Waals surface area (Å²) in [6.45, 7) is 6.68. The summed E-state index contributed by atoms with van der Waals surface area (Å²) in [6.07, 6.45) is 15.7. The van der Waals surface area contributed by atoms with Crippen LogP contribution in [0.15, 0.2) is 0 Å². The van der Waals surface area contributed by atoms with Gasteiger partial charge in [-0.3, -0.25) is 24.0 Å². The fraction of sp³-hybridized carbons (Fsp3) is 0.889. The van der Waals surface area contributed by atoms with Gasteiger partial charge in [0.15, 0.2) is 0 Å². The van der Waals surface area contributed by atoms with Gasteiger partial charge in [0.2, 0.25) is 0 Å². The quantitative estimate of drug-likeness (QED) is 0.110. The van der Waals surface area contributed by atoms with Gasteiger partial charge < -0.3 is 28.8 Å². The number of rotatable bonds is 10. The van der Waals surface area contributed by atoms with Crippen molar-refractivity contribution in [1.82, 2.24) is 0 Å². The third kappa shape index (κ3) is 6.60. The van der Waals surface area contributed by atoms with Gasteiger partial charge in [-0.2, -0.15) is 0 Å². The first-order chi connectivity index (χ1) is 26.8. The average Bonchev–Trinajstić information content (AvgIpc) is 3.98. The Balaban J connectivity index is 0.000000224. The SMILES string of the molecule is C1CC2CC1C1CC3OC3C21.CC(=O)O.CCC(CC(CC(C)(C)C(=O)OC1CC2CC1C1C3CCC(C3)C21)C(=O)OC)C(=O)OC1C2CC3C(=O)OC1C3C2. The Hall–Kier alpha value is -2.69. The van der Waals surface area contributed by atoms with Gasteiger partial charge in [0, 0.05) is 18.8 Å². The molecule has 0 spiro atoms. The van der Waals surface area contributed by atoms with Crippen LogP contribution in [0.2, 0.25) is 0 Å². The standard InChI is InChI=1S/C33H46O8.C10H14O.C2H4O2/c1-5-15(30(35)40-27-19-11-21-22(12-19)31(36)41-28(21)27)8-20(29(34)38-4)14-33(2,3)32(37)39-24-13-18-10-23(24)26-17-7-6-16(9-17)25(18)26;1-2-6-3-5(1)7-4-8-10(11-8)9(6)7;1-2(3)4/h15-28H,5-14H2,1-4H3;5-10H,1-4H2;1H3,(H,3,4). The molecule has 11 rings (SSSR count). The van der Waals surface area contributed by atoms with Gasteiger partial charge >= 0.3 is 23.9 Å². The topological polar surface area (TPSA) is 155 Å². The van der Waals surface area contributed by atoms with Crippen molar-refractivity contribution in [2.75, 3.05) is 7.11 Å². The lowest BCUT2D eigenvalue weighted by atomic mass is 9.70. The number of epoxide rings is 1. The van der Waals surface area contributed by atoms with Gasteiger partial charge in [-0.05, 0) is 163 Å². The average molecular weight is 781 g/mol. The van der Waals surface area contributed by atoms with Crippen LogP contribution in [-0.2, 0) is 47.7 Å². The maximum atomic E-state index is 13.6. The van der Waals surface area contributed by atoms with E-state index in [-0.39, 0.29) is 60.7 Å². The van der Waals surface area contributed by atoms with E-state index in [1.165, 1.54) is 45.6 Å². The third-order valence-electron chi connectivity index (χ3n) is 17.5. The molecule has 2 saturated heterocycles. The number of carboxylic acids is 1. The van der Waals surface area contributed by atoms with Crippen molar-refractivity contribution >= 4 is 29.8 Å². The number of hydrogen-bond donors (Lipinski definition) is 1. The molecule has 11 aliphatic rings. The lowest BCUT2D eigenvalue weighted by molar-refractivity contribution is -0.168. The number of hydrogen-bond acceptors (Lipinski definition) is 10. The second kappa shape index (κ2) is 14.5. The van der Waals surface area contributed by atoms with E-state index in [0.29, 0.717) is 18.3 Å². The van der Waals surface area contributed by atoms with Crippen molar-refractivity contribution in [2.45, 2.75) is 148 Å². The summed E-state index contributed by atoms with van der Waals surface area (Å²) >= 11 is 0. The molecule has 20 unspecified atom stereocenters. The molecule has 0 amide bonds. The molecule has 8 bridgehead atoms. The van der Waals surface area contributed by atoms with Crippen LogP contribution in [0.4, 0.5) is 0 Å². The first-order valence-corrected chi connectivity index (χ1v) is 22.3. The highest BCUT2D eigenvalue weighted by molar-refractivity contribution is 5.80. The zero-order valence-corrected chi connectivity index (χ0v) is 34.0. The molecular formula is C45H64O11. The van der Waals surface area contributed by atoms with Crippen molar-refractivity contribution in [3.63, 3.8) is 0 Å².